The Bertz CT molecular complexity index is 626. The van der Waals surface area contributed by atoms with E-state index in [1.807, 2.05) is 4.90 Å². The molecule has 144 valence electrons. The number of likely N-dealkylation sites (tertiary alicyclic amines) is 1. The molecule has 26 heavy (non-hydrogen) atoms. The summed E-state index contributed by atoms with van der Waals surface area (Å²) in [5.74, 6) is -2.71. The molecule has 0 aromatic carbocycles. The molecule has 10 heteroatoms. The lowest BCUT2D eigenvalue weighted by atomic mass is 10.0. The Hall–Kier alpha value is -2.20. The summed E-state index contributed by atoms with van der Waals surface area (Å²) in [6.45, 7) is 1.37. The summed E-state index contributed by atoms with van der Waals surface area (Å²) in [6, 6.07) is 3.64. The molecular weight excluding hydrogens is 357 g/mol. The number of carboxylic acid groups (broad SMARTS) is 1. The van der Waals surface area contributed by atoms with Crippen LogP contribution in [0.15, 0.2) is 24.5 Å². The van der Waals surface area contributed by atoms with Gasteiger partial charge in [-0.05, 0) is 25.0 Å². The van der Waals surface area contributed by atoms with E-state index in [1.165, 1.54) is 0 Å². The number of aromatic nitrogens is 1. The van der Waals surface area contributed by atoms with E-state index >= 15 is 0 Å². The van der Waals surface area contributed by atoms with Crippen LogP contribution in [0.1, 0.15) is 23.2 Å². The largest absolute Gasteiger partial charge is 0.490 e. The van der Waals surface area contributed by atoms with E-state index in [0.717, 1.165) is 19.4 Å². The van der Waals surface area contributed by atoms with Crippen molar-refractivity contribution in [2.45, 2.75) is 37.3 Å². The predicted molar refractivity (Wildman–Crippen MR) is 82.5 cm³/mol. The van der Waals surface area contributed by atoms with Crippen LogP contribution in [0.5, 0.6) is 0 Å². The number of ether oxygens (including phenoxy) is 2. The number of nitrogens with zero attached hydrogens (tertiary/aromatic N) is 2. The maximum absolute atomic E-state index is 12.6. The molecule has 3 heterocycles. The summed E-state index contributed by atoms with van der Waals surface area (Å²) >= 11 is 0. The molecule has 2 saturated heterocycles. The van der Waals surface area contributed by atoms with Crippen molar-refractivity contribution in [1.29, 1.82) is 0 Å². The van der Waals surface area contributed by atoms with Gasteiger partial charge in [0.15, 0.2) is 0 Å². The number of amides is 1. The van der Waals surface area contributed by atoms with Gasteiger partial charge in [0.1, 0.15) is 12.2 Å². The molecule has 3 atom stereocenters. The lowest BCUT2D eigenvalue weighted by Crippen LogP contribution is -2.43. The average molecular weight is 376 g/mol. The van der Waals surface area contributed by atoms with Gasteiger partial charge in [0.25, 0.3) is 5.91 Å². The smallest absolute Gasteiger partial charge is 0.475 e. The number of hydrogen-bond acceptors (Lipinski definition) is 5. The molecule has 2 fully saturated rings. The molecular formula is C16H19F3N2O5. The molecule has 0 bridgehead atoms. The van der Waals surface area contributed by atoms with E-state index in [-0.39, 0.29) is 24.2 Å². The Morgan fingerprint density at radius 2 is 1.96 bits per heavy atom. The zero-order valence-electron chi connectivity index (χ0n) is 14.0. The third-order valence-electron chi connectivity index (χ3n) is 4.21. The van der Waals surface area contributed by atoms with E-state index in [4.69, 9.17) is 19.4 Å². The second-order valence-electron chi connectivity index (χ2n) is 5.82. The van der Waals surface area contributed by atoms with Gasteiger partial charge in [-0.2, -0.15) is 13.2 Å². The van der Waals surface area contributed by atoms with Crippen LogP contribution in [0.25, 0.3) is 0 Å². The standard InChI is InChI=1S/C14H18N2O3.C2HF3O2/c1-18-12-9-16(11-3-2-8-19-13(11)12)14(17)10-4-6-15-7-5-10;3-2(4,5)1(6)7/h4-7,11-13H,2-3,8-9H2,1H3;(H,6,7)/t11-,12+,13+;/m1./s1. The molecule has 3 rings (SSSR count). The molecule has 1 amide bonds. The van der Waals surface area contributed by atoms with Crippen molar-refractivity contribution in [2.24, 2.45) is 0 Å². The molecule has 1 aromatic heterocycles. The number of fused-ring (bicyclic) bond motifs is 1. The van der Waals surface area contributed by atoms with Crippen LogP contribution in [-0.2, 0) is 14.3 Å². The number of hydrogen-bond donors (Lipinski definition) is 1. The maximum Gasteiger partial charge on any atom is 0.490 e. The number of rotatable bonds is 2. The fraction of sp³-hybridized carbons (Fsp3) is 0.562. The van der Waals surface area contributed by atoms with Crippen LogP contribution in [0.2, 0.25) is 0 Å². The quantitative estimate of drug-likeness (QED) is 0.846. The van der Waals surface area contributed by atoms with Crippen molar-refractivity contribution in [2.75, 3.05) is 20.3 Å². The normalized spacial score (nSPS) is 25.1. The van der Waals surface area contributed by atoms with Crippen LogP contribution in [0.4, 0.5) is 13.2 Å². The minimum absolute atomic E-state index is 0.0175. The number of carbonyl (C=O) groups excluding carboxylic acids is 1. The highest BCUT2D eigenvalue weighted by Crippen LogP contribution is 2.31. The van der Waals surface area contributed by atoms with Gasteiger partial charge in [-0.1, -0.05) is 0 Å². The Labute approximate surface area is 147 Å². The monoisotopic (exact) mass is 376 g/mol. The number of carbonyl (C=O) groups is 2. The van der Waals surface area contributed by atoms with Gasteiger partial charge in [0.05, 0.1) is 12.6 Å². The topological polar surface area (TPSA) is 89.0 Å². The van der Waals surface area contributed by atoms with Crippen molar-refractivity contribution in [1.82, 2.24) is 9.88 Å². The molecule has 0 saturated carbocycles. The fourth-order valence-electron chi connectivity index (χ4n) is 3.01. The van der Waals surface area contributed by atoms with Crippen molar-refractivity contribution >= 4 is 11.9 Å². The highest BCUT2D eigenvalue weighted by atomic mass is 19.4. The lowest BCUT2D eigenvalue weighted by molar-refractivity contribution is -0.192. The maximum atomic E-state index is 12.6. The SMILES string of the molecule is CO[C@H]1CN(C(=O)c2ccncc2)[C@@H]2CCCO[C@H]12.O=C(O)C(F)(F)F. The highest BCUT2D eigenvalue weighted by Gasteiger charge is 2.46. The molecule has 1 aromatic rings. The minimum Gasteiger partial charge on any atom is -0.475 e. The summed E-state index contributed by atoms with van der Waals surface area (Å²) in [7, 11) is 1.68. The number of aliphatic carboxylic acids is 1. The number of pyridine rings is 1. The van der Waals surface area contributed by atoms with Crippen molar-refractivity contribution in [3.63, 3.8) is 0 Å². The van der Waals surface area contributed by atoms with Crippen LogP contribution >= 0.6 is 0 Å². The van der Waals surface area contributed by atoms with Crippen LogP contribution in [0, 0.1) is 0 Å². The van der Waals surface area contributed by atoms with Crippen LogP contribution in [0.3, 0.4) is 0 Å². The second-order valence-corrected chi connectivity index (χ2v) is 5.82. The zero-order chi connectivity index (χ0) is 19.3. The first-order valence-electron chi connectivity index (χ1n) is 7.91. The van der Waals surface area contributed by atoms with E-state index < -0.39 is 12.1 Å². The molecule has 0 radical (unpaired) electrons. The molecule has 2 aliphatic heterocycles. The first kappa shape index (κ1) is 20.1. The Morgan fingerprint density at radius 1 is 1.35 bits per heavy atom. The molecule has 1 N–H and O–H groups in total. The number of methoxy groups -OCH3 is 1. The summed E-state index contributed by atoms with van der Waals surface area (Å²) in [5.41, 5.74) is 0.677. The van der Waals surface area contributed by atoms with E-state index in [1.54, 1.807) is 31.6 Å². The first-order chi connectivity index (χ1) is 12.3. The zero-order valence-corrected chi connectivity index (χ0v) is 14.0. The molecule has 0 spiro atoms. The van der Waals surface area contributed by atoms with Crippen molar-refractivity contribution in [3.05, 3.63) is 30.1 Å². The van der Waals surface area contributed by atoms with Gasteiger partial charge in [0.2, 0.25) is 0 Å². The van der Waals surface area contributed by atoms with E-state index in [9.17, 15) is 18.0 Å². The highest BCUT2D eigenvalue weighted by molar-refractivity contribution is 5.94. The van der Waals surface area contributed by atoms with Crippen molar-refractivity contribution < 1.29 is 37.3 Å². The molecule has 0 unspecified atom stereocenters. The number of halogens is 3. The average Bonchev–Trinajstić information content (AvgIpc) is 3.00. The second kappa shape index (κ2) is 8.45. The third kappa shape index (κ3) is 4.70. The summed E-state index contributed by atoms with van der Waals surface area (Å²) < 4.78 is 43.0. The van der Waals surface area contributed by atoms with Gasteiger partial charge in [-0.15, -0.1) is 0 Å². The van der Waals surface area contributed by atoms with Gasteiger partial charge in [0, 0.05) is 31.7 Å². The van der Waals surface area contributed by atoms with Gasteiger partial charge in [-0.25, -0.2) is 4.79 Å². The first-order valence-corrected chi connectivity index (χ1v) is 7.91. The molecule has 0 aliphatic carbocycles. The van der Waals surface area contributed by atoms with Crippen LogP contribution < -0.4 is 0 Å². The summed E-state index contributed by atoms with van der Waals surface area (Å²) in [4.78, 5) is 27.3. The van der Waals surface area contributed by atoms with Gasteiger partial charge < -0.3 is 19.5 Å². The van der Waals surface area contributed by atoms with Gasteiger partial charge in [-0.3, -0.25) is 9.78 Å². The Balaban J connectivity index is 0.000000298. The van der Waals surface area contributed by atoms with Crippen molar-refractivity contribution in [3.8, 4) is 0 Å². The Kier molecular flexibility index (Phi) is 6.54. The predicted octanol–water partition coefficient (Wildman–Crippen LogP) is 1.73. The van der Waals surface area contributed by atoms with E-state index in [2.05, 4.69) is 4.98 Å². The minimum atomic E-state index is -5.08. The van der Waals surface area contributed by atoms with Gasteiger partial charge >= 0.3 is 12.1 Å². The van der Waals surface area contributed by atoms with E-state index in [0.29, 0.717) is 12.1 Å². The lowest BCUT2D eigenvalue weighted by Gasteiger charge is -2.32. The van der Waals surface area contributed by atoms with Crippen LogP contribution in [-0.4, -0.2) is 71.6 Å². The Morgan fingerprint density at radius 3 is 2.50 bits per heavy atom. The molecule has 7 nitrogen and oxygen atoms in total. The number of carboxylic acids is 1. The molecule has 2 aliphatic rings. The summed E-state index contributed by atoms with van der Waals surface area (Å²) in [5, 5.41) is 7.12. The fourth-order valence-corrected chi connectivity index (χ4v) is 3.01. The third-order valence-corrected chi connectivity index (χ3v) is 4.21. The summed E-state index contributed by atoms with van der Waals surface area (Å²) in [6.07, 6.45) is 0.192. The number of alkyl halides is 3.